The third kappa shape index (κ3) is 3.20. The van der Waals surface area contributed by atoms with Crippen molar-refractivity contribution in [3.8, 4) is 11.1 Å². The maximum Gasteiger partial charge on any atom is 0.254 e. The molecule has 1 fully saturated rings. The number of likely N-dealkylation sites (N-methyl/N-ethyl adjacent to an activating group) is 1. The molecule has 0 N–H and O–H groups in total. The van der Waals surface area contributed by atoms with Crippen molar-refractivity contribution in [1.29, 1.82) is 0 Å². The van der Waals surface area contributed by atoms with Gasteiger partial charge in [0.25, 0.3) is 5.91 Å². The predicted molar refractivity (Wildman–Crippen MR) is 94.4 cm³/mol. The van der Waals surface area contributed by atoms with E-state index in [2.05, 4.69) is 18.9 Å². The first kappa shape index (κ1) is 16.7. The zero-order valence-electron chi connectivity index (χ0n) is 14.2. The van der Waals surface area contributed by atoms with E-state index in [0.717, 1.165) is 19.5 Å². The van der Waals surface area contributed by atoms with Gasteiger partial charge in [0.05, 0.1) is 0 Å². The molecule has 0 radical (unpaired) electrons. The Kier molecular flexibility index (Phi) is 4.95. The molecule has 0 bridgehead atoms. The first-order chi connectivity index (χ1) is 11.6. The van der Waals surface area contributed by atoms with Crippen LogP contribution in [-0.2, 0) is 0 Å². The molecule has 3 nitrogen and oxygen atoms in total. The highest BCUT2D eigenvalue weighted by Gasteiger charge is 2.28. The van der Waals surface area contributed by atoms with Crippen molar-refractivity contribution in [3.05, 3.63) is 59.9 Å². The fourth-order valence-electron chi connectivity index (χ4n) is 3.33. The van der Waals surface area contributed by atoms with Gasteiger partial charge in [0.2, 0.25) is 0 Å². The molecule has 1 atom stereocenters. The number of carbonyl (C=O) groups excluding carboxylic acids is 1. The van der Waals surface area contributed by atoms with Crippen molar-refractivity contribution < 1.29 is 9.18 Å². The van der Waals surface area contributed by atoms with Crippen LogP contribution in [0, 0.1) is 5.82 Å². The molecule has 24 heavy (non-hydrogen) atoms. The highest BCUT2D eigenvalue weighted by molar-refractivity contribution is 6.01. The standard InChI is InChI=1S/C20H23FN2O/c1-3-15-14-23(13-12-22(15)2)20(24)18-10-5-4-8-16(18)17-9-6-7-11-19(17)21/h4-11,15H,3,12-14H2,1-2H3. The molecule has 0 spiro atoms. The van der Waals surface area contributed by atoms with Crippen LogP contribution in [0.2, 0.25) is 0 Å². The summed E-state index contributed by atoms with van der Waals surface area (Å²) in [5, 5.41) is 0. The first-order valence-corrected chi connectivity index (χ1v) is 8.45. The lowest BCUT2D eigenvalue weighted by Gasteiger charge is -2.39. The monoisotopic (exact) mass is 326 g/mol. The van der Waals surface area contributed by atoms with Crippen molar-refractivity contribution >= 4 is 5.91 Å². The minimum absolute atomic E-state index is 0.0135. The van der Waals surface area contributed by atoms with E-state index in [1.54, 1.807) is 24.3 Å². The van der Waals surface area contributed by atoms with Gasteiger partial charge in [-0.05, 0) is 31.2 Å². The van der Waals surface area contributed by atoms with E-state index in [-0.39, 0.29) is 11.7 Å². The van der Waals surface area contributed by atoms with Gasteiger partial charge in [-0.1, -0.05) is 43.3 Å². The summed E-state index contributed by atoms with van der Waals surface area (Å²) < 4.78 is 14.2. The first-order valence-electron chi connectivity index (χ1n) is 8.45. The second kappa shape index (κ2) is 7.14. The summed E-state index contributed by atoms with van der Waals surface area (Å²) in [5.74, 6) is -0.317. The summed E-state index contributed by atoms with van der Waals surface area (Å²) in [6, 6.07) is 14.3. The predicted octanol–water partition coefficient (Wildman–Crippen LogP) is 3.66. The average molecular weight is 326 g/mol. The van der Waals surface area contributed by atoms with Gasteiger partial charge >= 0.3 is 0 Å². The molecule has 1 heterocycles. The highest BCUT2D eigenvalue weighted by Crippen LogP contribution is 2.27. The second-order valence-corrected chi connectivity index (χ2v) is 6.32. The van der Waals surface area contributed by atoms with Crippen LogP contribution in [0.5, 0.6) is 0 Å². The van der Waals surface area contributed by atoms with E-state index < -0.39 is 0 Å². The Labute approximate surface area is 142 Å². The van der Waals surface area contributed by atoms with Crippen molar-refractivity contribution in [3.63, 3.8) is 0 Å². The van der Waals surface area contributed by atoms with Crippen LogP contribution in [0.3, 0.4) is 0 Å². The molecule has 0 saturated carbocycles. The number of hydrogen-bond donors (Lipinski definition) is 0. The normalized spacial score (nSPS) is 18.6. The molecular formula is C20H23FN2O. The summed E-state index contributed by atoms with van der Waals surface area (Å²) in [5.41, 5.74) is 1.71. The lowest BCUT2D eigenvalue weighted by atomic mass is 9.97. The smallest absolute Gasteiger partial charge is 0.254 e. The molecular weight excluding hydrogens is 303 g/mol. The number of amides is 1. The summed E-state index contributed by atoms with van der Waals surface area (Å²) in [4.78, 5) is 17.3. The largest absolute Gasteiger partial charge is 0.336 e. The summed E-state index contributed by atoms with van der Waals surface area (Å²) >= 11 is 0. The van der Waals surface area contributed by atoms with Crippen LogP contribution < -0.4 is 0 Å². The quantitative estimate of drug-likeness (QED) is 0.859. The number of nitrogens with zero attached hydrogens (tertiary/aromatic N) is 2. The van der Waals surface area contributed by atoms with Crippen molar-refractivity contribution in [1.82, 2.24) is 9.80 Å². The van der Waals surface area contributed by atoms with Gasteiger partial charge in [0, 0.05) is 36.8 Å². The number of halogens is 1. The van der Waals surface area contributed by atoms with Crippen LogP contribution in [0.1, 0.15) is 23.7 Å². The molecule has 0 aromatic heterocycles. The van der Waals surface area contributed by atoms with Crippen LogP contribution >= 0.6 is 0 Å². The van der Waals surface area contributed by atoms with Crippen LogP contribution in [-0.4, -0.2) is 48.4 Å². The minimum Gasteiger partial charge on any atom is -0.336 e. The van der Waals surface area contributed by atoms with E-state index in [0.29, 0.717) is 29.3 Å². The lowest BCUT2D eigenvalue weighted by molar-refractivity contribution is 0.0542. The van der Waals surface area contributed by atoms with E-state index in [1.165, 1.54) is 6.07 Å². The molecule has 0 aliphatic carbocycles. The fourth-order valence-corrected chi connectivity index (χ4v) is 3.33. The third-order valence-corrected chi connectivity index (χ3v) is 4.86. The van der Waals surface area contributed by atoms with Crippen molar-refractivity contribution in [2.45, 2.75) is 19.4 Å². The minimum atomic E-state index is -0.303. The number of hydrogen-bond acceptors (Lipinski definition) is 2. The molecule has 4 heteroatoms. The topological polar surface area (TPSA) is 23.6 Å². The van der Waals surface area contributed by atoms with Crippen molar-refractivity contribution in [2.24, 2.45) is 0 Å². The molecule has 3 rings (SSSR count). The van der Waals surface area contributed by atoms with E-state index in [9.17, 15) is 9.18 Å². The van der Waals surface area contributed by atoms with Gasteiger partial charge in [-0.3, -0.25) is 9.69 Å². The molecule has 2 aromatic carbocycles. The maximum absolute atomic E-state index is 14.2. The Morgan fingerprint density at radius 3 is 2.46 bits per heavy atom. The molecule has 126 valence electrons. The number of rotatable bonds is 3. The number of carbonyl (C=O) groups is 1. The molecule has 1 unspecified atom stereocenters. The van der Waals surface area contributed by atoms with E-state index in [1.807, 2.05) is 23.1 Å². The second-order valence-electron chi connectivity index (χ2n) is 6.32. The average Bonchev–Trinajstić information content (AvgIpc) is 2.62. The van der Waals surface area contributed by atoms with Gasteiger partial charge in [0.15, 0.2) is 0 Å². The van der Waals surface area contributed by atoms with Gasteiger partial charge in [-0.15, -0.1) is 0 Å². The molecule has 1 aliphatic heterocycles. The summed E-state index contributed by atoms with van der Waals surface area (Å²) in [6.07, 6.45) is 1.01. The zero-order chi connectivity index (χ0) is 17.1. The van der Waals surface area contributed by atoms with Crippen LogP contribution in [0.4, 0.5) is 4.39 Å². The molecule has 1 saturated heterocycles. The van der Waals surface area contributed by atoms with Gasteiger partial charge < -0.3 is 4.90 Å². The Morgan fingerprint density at radius 1 is 1.08 bits per heavy atom. The van der Waals surface area contributed by atoms with Crippen LogP contribution in [0.25, 0.3) is 11.1 Å². The number of piperazine rings is 1. The summed E-state index contributed by atoms with van der Waals surface area (Å²) in [7, 11) is 2.10. The maximum atomic E-state index is 14.2. The van der Waals surface area contributed by atoms with E-state index >= 15 is 0 Å². The van der Waals surface area contributed by atoms with Gasteiger partial charge in [0.1, 0.15) is 5.82 Å². The molecule has 1 aliphatic rings. The third-order valence-electron chi connectivity index (χ3n) is 4.86. The lowest BCUT2D eigenvalue weighted by Crippen LogP contribution is -2.53. The molecule has 2 aromatic rings. The van der Waals surface area contributed by atoms with Gasteiger partial charge in [-0.2, -0.15) is 0 Å². The summed E-state index contributed by atoms with van der Waals surface area (Å²) in [6.45, 7) is 4.43. The van der Waals surface area contributed by atoms with Crippen molar-refractivity contribution in [2.75, 3.05) is 26.7 Å². The van der Waals surface area contributed by atoms with Crippen LogP contribution in [0.15, 0.2) is 48.5 Å². The van der Waals surface area contributed by atoms with Gasteiger partial charge in [-0.25, -0.2) is 4.39 Å². The number of benzene rings is 2. The Bertz CT molecular complexity index is 731. The zero-order valence-corrected chi connectivity index (χ0v) is 14.2. The fraction of sp³-hybridized carbons (Fsp3) is 0.350. The Balaban J connectivity index is 1.93. The van der Waals surface area contributed by atoms with E-state index in [4.69, 9.17) is 0 Å². The Hall–Kier alpha value is -2.20. The molecule has 1 amide bonds. The Morgan fingerprint density at radius 2 is 1.75 bits per heavy atom. The SMILES string of the molecule is CCC1CN(C(=O)c2ccccc2-c2ccccc2F)CCN1C. The highest BCUT2D eigenvalue weighted by atomic mass is 19.1.